The van der Waals surface area contributed by atoms with Gasteiger partial charge in [0.1, 0.15) is 0 Å². The van der Waals surface area contributed by atoms with Crippen LogP contribution in [-0.4, -0.2) is 28.5 Å². The molecular weight excluding hydrogens is 419 g/mol. The van der Waals surface area contributed by atoms with Crippen molar-refractivity contribution in [3.05, 3.63) is 40.0 Å². The topological polar surface area (TPSA) is 91.6 Å². The molecule has 0 fully saturated rings. The summed E-state index contributed by atoms with van der Waals surface area (Å²) in [7, 11) is -12.6. The zero-order valence-electron chi connectivity index (χ0n) is 11.5. The summed E-state index contributed by atoms with van der Waals surface area (Å²) in [4.78, 5) is 0. The summed E-state index contributed by atoms with van der Waals surface area (Å²) in [5.74, 6) is 0. The number of hydrogen-bond donors (Lipinski definition) is 0. The van der Waals surface area contributed by atoms with E-state index < -0.39 is 43.7 Å². The van der Waals surface area contributed by atoms with Gasteiger partial charge in [-0.25, -0.2) is 16.8 Å². The van der Waals surface area contributed by atoms with Crippen LogP contribution < -0.4 is 51.4 Å². The van der Waals surface area contributed by atoms with Gasteiger partial charge in [-0.3, -0.25) is 4.18 Å². The van der Waals surface area contributed by atoms with E-state index in [1.165, 1.54) is 10.2 Å². The second-order valence-electron chi connectivity index (χ2n) is 3.85. The molecule has 132 valence electrons. The van der Waals surface area contributed by atoms with Crippen molar-refractivity contribution < 1.29 is 98.7 Å². The monoisotopic (exact) mass is 425 g/mol. The predicted molar refractivity (Wildman–Crippen MR) is 63.6 cm³/mol. The summed E-state index contributed by atoms with van der Waals surface area (Å²) in [5.41, 5.74) is -6.88. The van der Waals surface area contributed by atoms with Gasteiger partial charge in [-0.2, -0.15) is 26.3 Å². The largest absolute Gasteiger partial charge is 1.00 e. The van der Waals surface area contributed by atoms with Gasteiger partial charge in [0.05, 0.1) is 0 Å². The number of halogens is 6. The molecule has 0 saturated heterocycles. The number of sulfonamides is 1. The van der Waals surface area contributed by atoms with Gasteiger partial charge in [-0.15, -0.1) is 0 Å². The summed E-state index contributed by atoms with van der Waals surface area (Å²) in [6, 6.07) is 5.00. The average Bonchev–Trinajstić information content (AvgIpc) is 2.33. The molecule has 0 radical (unpaired) electrons. The molecule has 0 saturated carbocycles. The summed E-state index contributed by atoms with van der Waals surface area (Å²) < 4.78 is 123. The van der Waals surface area contributed by atoms with E-state index >= 15 is 0 Å². The minimum atomic E-state index is -6.58. The van der Waals surface area contributed by atoms with E-state index in [1.54, 1.807) is 0 Å². The molecule has 0 spiro atoms. The van der Waals surface area contributed by atoms with Crippen LogP contribution in [-0.2, 0) is 24.5 Å². The zero-order valence-corrected chi connectivity index (χ0v) is 16.3. The molecule has 0 aromatic heterocycles. The quantitative estimate of drug-likeness (QED) is 0.481. The smallest absolute Gasteiger partial charge is 0.404 e. The molecule has 15 heteroatoms. The molecule has 0 aliphatic rings. The molecule has 24 heavy (non-hydrogen) atoms. The van der Waals surface area contributed by atoms with E-state index in [2.05, 4.69) is 4.18 Å². The minimum absolute atomic E-state index is 0. The molecule has 0 unspecified atom stereocenters. The predicted octanol–water partition coefficient (Wildman–Crippen LogP) is -0.221. The van der Waals surface area contributed by atoms with Crippen molar-refractivity contribution in [2.24, 2.45) is 0 Å². The Bertz CT molecular complexity index is 747. The second kappa shape index (κ2) is 8.30. The number of rotatable bonds is 5. The van der Waals surface area contributed by atoms with Crippen LogP contribution in [0.3, 0.4) is 0 Å². The first-order chi connectivity index (χ1) is 10.2. The fourth-order valence-corrected chi connectivity index (χ4v) is 3.13. The van der Waals surface area contributed by atoms with Gasteiger partial charge in [0, 0.05) is 0 Å². The van der Waals surface area contributed by atoms with Crippen molar-refractivity contribution in [1.29, 1.82) is 0 Å². The molecule has 0 aliphatic heterocycles. The van der Waals surface area contributed by atoms with Crippen LogP contribution in [0.25, 0.3) is 4.13 Å². The summed E-state index contributed by atoms with van der Waals surface area (Å²) in [6.07, 6.45) is -8.58. The fraction of sp³-hybridized carbons (Fsp3) is 0.333. The third kappa shape index (κ3) is 6.87. The van der Waals surface area contributed by atoms with Gasteiger partial charge in [0.25, 0.3) is 0 Å². The van der Waals surface area contributed by atoms with E-state index in [4.69, 9.17) is 0 Å². The Labute approximate surface area is 175 Å². The Morgan fingerprint density at radius 1 is 0.917 bits per heavy atom. The maximum Gasteiger partial charge on any atom is 1.00 e. The Hall–Kier alpha value is 0.256. The fourth-order valence-electron chi connectivity index (χ4n) is 1.23. The van der Waals surface area contributed by atoms with Crippen LogP contribution in [0.2, 0.25) is 0 Å². The van der Waals surface area contributed by atoms with E-state index in [9.17, 15) is 43.2 Å². The van der Waals surface area contributed by atoms with Crippen molar-refractivity contribution in [3.8, 4) is 0 Å². The Morgan fingerprint density at radius 2 is 1.38 bits per heavy atom. The van der Waals surface area contributed by atoms with Gasteiger partial charge in [-0.05, 0) is 5.56 Å². The standard InChI is InChI=1S/C9H6F6NO5S2.K/c10-8(11,12)7(6-4-2-1-3-5-6)21-23(19,20)16-22(17,18)9(13,14)15;/h1-5,7H;/q-1;+1/t7-;/m1./s1. The summed E-state index contributed by atoms with van der Waals surface area (Å²) in [6.45, 7) is 0. The van der Waals surface area contributed by atoms with Gasteiger partial charge in [-0.1, -0.05) is 30.3 Å². The van der Waals surface area contributed by atoms with Crippen molar-refractivity contribution in [2.45, 2.75) is 17.8 Å². The molecule has 1 atom stereocenters. The van der Waals surface area contributed by atoms with Gasteiger partial charge < -0.3 is 4.13 Å². The van der Waals surface area contributed by atoms with Crippen molar-refractivity contribution in [3.63, 3.8) is 0 Å². The Morgan fingerprint density at radius 3 is 1.75 bits per heavy atom. The number of hydrogen-bond acceptors (Lipinski definition) is 5. The number of nitrogens with zero attached hydrogens (tertiary/aromatic N) is 1. The van der Waals surface area contributed by atoms with Crippen LogP contribution in [0.1, 0.15) is 11.7 Å². The number of benzene rings is 1. The van der Waals surface area contributed by atoms with E-state index in [1.807, 2.05) is 0 Å². The molecule has 1 rings (SSSR count). The molecule has 6 nitrogen and oxygen atoms in total. The molecular formula is C9H6F6KNO5S2. The van der Waals surface area contributed by atoms with Crippen molar-refractivity contribution in [1.82, 2.24) is 0 Å². The van der Waals surface area contributed by atoms with Crippen LogP contribution in [0.4, 0.5) is 26.3 Å². The maximum absolute atomic E-state index is 12.8. The molecule has 0 amide bonds. The molecule has 0 aliphatic carbocycles. The molecule has 0 N–H and O–H groups in total. The molecule has 1 aromatic carbocycles. The van der Waals surface area contributed by atoms with E-state index in [-0.39, 0.29) is 51.4 Å². The molecule has 0 bridgehead atoms. The van der Waals surface area contributed by atoms with Gasteiger partial charge >= 0.3 is 63.1 Å². The molecule has 1 aromatic rings. The normalized spacial score (nSPS) is 14.8. The first-order valence-corrected chi connectivity index (χ1v) is 8.07. The SMILES string of the molecule is O=S(=O)([N-]S(=O)(=O)C(F)(F)F)O[C@H](c1ccccc1)C(F)(F)F.[K+]. The number of alkyl halides is 6. The second-order valence-corrected chi connectivity index (χ2v) is 6.91. The Balaban J connectivity index is 0.00000529. The van der Waals surface area contributed by atoms with Crippen LogP contribution in [0.15, 0.2) is 30.3 Å². The van der Waals surface area contributed by atoms with Crippen molar-refractivity contribution in [2.75, 3.05) is 0 Å². The average molecular weight is 425 g/mol. The van der Waals surface area contributed by atoms with Gasteiger partial charge in [0.15, 0.2) is 16.1 Å². The van der Waals surface area contributed by atoms with Crippen molar-refractivity contribution >= 4 is 20.3 Å². The zero-order chi connectivity index (χ0) is 18.1. The van der Waals surface area contributed by atoms with Crippen LogP contribution in [0, 0.1) is 0 Å². The summed E-state index contributed by atoms with van der Waals surface area (Å²) in [5, 5.41) is 0. The molecule has 0 heterocycles. The maximum atomic E-state index is 12.8. The minimum Gasteiger partial charge on any atom is -0.404 e. The van der Waals surface area contributed by atoms with E-state index in [0.29, 0.717) is 0 Å². The Kier molecular flexibility index (Phi) is 8.39. The van der Waals surface area contributed by atoms with E-state index in [0.717, 1.165) is 24.3 Å². The first kappa shape index (κ1) is 24.3. The van der Waals surface area contributed by atoms with Gasteiger partial charge in [0.2, 0.25) is 10.3 Å². The third-order valence-electron chi connectivity index (χ3n) is 2.10. The first-order valence-electron chi connectivity index (χ1n) is 5.26. The summed E-state index contributed by atoms with van der Waals surface area (Å²) >= 11 is 0. The van der Waals surface area contributed by atoms with Crippen LogP contribution in [0.5, 0.6) is 0 Å². The van der Waals surface area contributed by atoms with Crippen LogP contribution >= 0.6 is 0 Å². The third-order valence-corrected chi connectivity index (χ3v) is 4.64.